The molecule has 3 rings (SSSR count). The van der Waals surface area contributed by atoms with Gasteiger partial charge in [-0.05, 0) is 31.7 Å². The number of hydrazine groups is 2. The smallest absolute Gasteiger partial charge is 0.256 e. The molecule has 156 valence electrons. The molecule has 0 spiro atoms. The predicted octanol–water partition coefficient (Wildman–Crippen LogP) is 1.45. The normalized spacial score (nSPS) is 18.8. The van der Waals surface area contributed by atoms with E-state index in [4.69, 9.17) is 0 Å². The first kappa shape index (κ1) is 21.0. The van der Waals surface area contributed by atoms with Gasteiger partial charge in [-0.15, -0.1) is 0 Å². The van der Waals surface area contributed by atoms with Crippen molar-refractivity contribution in [1.82, 2.24) is 31.5 Å². The number of aryl methyl sites for hydroxylation is 1. The lowest BCUT2D eigenvalue weighted by atomic mass is 10.0. The molecule has 1 aliphatic heterocycles. The summed E-state index contributed by atoms with van der Waals surface area (Å²) in [5.74, 6) is -0.0614. The SMILES string of the molecule is Cc1nn(CC(C)C)c(C)c1CC(=O)NNC(=O)C1CC(c2ccccc2)NN1. The molecule has 0 saturated carbocycles. The highest BCUT2D eigenvalue weighted by atomic mass is 16.2. The molecule has 29 heavy (non-hydrogen) atoms. The molecule has 4 N–H and O–H groups in total. The first-order valence-corrected chi connectivity index (χ1v) is 10.0. The number of amides is 2. The summed E-state index contributed by atoms with van der Waals surface area (Å²) in [7, 11) is 0. The Morgan fingerprint density at radius 1 is 1.17 bits per heavy atom. The van der Waals surface area contributed by atoms with Crippen molar-refractivity contribution in [3.8, 4) is 0 Å². The van der Waals surface area contributed by atoms with Crippen molar-refractivity contribution in [2.75, 3.05) is 0 Å². The summed E-state index contributed by atoms with van der Waals surface area (Å²) in [6, 6.07) is 9.58. The van der Waals surface area contributed by atoms with Crippen molar-refractivity contribution in [3.05, 3.63) is 52.8 Å². The summed E-state index contributed by atoms with van der Waals surface area (Å²) in [6.07, 6.45) is 0.783. The molecule has 0 radical (unpaired) electrons. The Kier molecular flexibility index (Phi) is 6.66. The molecule has 2 unspecified atom stereocenters. The molecule has 2 atom stereocenters. The summed E-state index contributed by atoms with van der Waals surface area (Å²) in [5.41, 5.74) is 15.0. The maximum atomic E-state index is 12.4. The molecule has 2 heterocycles. The molecule has 1 aromatic heterocycles. The van der Waals surface area contributed by atoms with Crippen molar-refractivity contribution < 1.29 is 9.59 Å². The van der Waals surface area contributed by atoms with E-state index in [1.165, 1.54) is 0 Å². The van der Waals surface area contributed by atoms with E-state index in [0.717, 1.165) is 29.1 Å². The molecule has 0 aliphatic carbocycles. The van der Waals surface area contributed by atoms with Gasteiger partial charge in [0.15, 0.2) is 0 Å². The number of aromatic nitrogens is 2. The molecule has 1 saturated heterocycles. The zero-order chi connectivity index (χ0) is 21.0. The van der Waals surface area contributed by atoms with E-state index in [1.807, 2.05) is 48.9 Å². The van der Waals surface area contributed by atoms with Crippen LogP contribution in [-0.4, -0.2) is 27.6 Å². The Hall–Kier alpha value is -2.71. The van der Waals surface area contributed by atoms with E-state index in [1.54, 1.807) is 0 Å². The largest absolute Gasteiger partial charge is 0.273 e. The van der Waals surface area contributed by atoms with Crippen LogP contribution in [0, 0.1) is 19.8 Å². The van der Waals surface area contributed by atoms with Crippen LogP contribution in [0.5, 0.6) is 0 Å². The van der Waals surface area contributed by atoms with Gasteiger partial charge in [0, 0.05) is 23.8 Å². The fourth-order valence-electron chi connectivity index (χ4n) is 3.57. The van der Waals surface area contributed by atoms with Crippen LogP contribution in [0.25, 0.3) is 0 Å². The lowest BCUT2D eigenvalue weighted by molar-refractivity contribution is -0.129. The van der Waals surface area contributed by atoms with Crippen molar-refractivity contribution in [2.45, 2.75) is 59.2 Å². The van der Waals surface area contributed by atoms with Crippen molar-refractivity contribution >= 4 is 11.8 Å². The Morgan fingerprint density at radius 3 is 2.59 bits per heavy atom. The second kappa shape index (κ2) is 9.19. The minimum atomic E-state index is -0.419. The van der Waals surface area contributed by atoms with Gasteiger partial charge in [-0.1, -0.05) is 44.2 Å². The molecule has 1 fully saturated rings. The highest BCUT2D eigenvalue weighted by Gasteiger charge is 2.30. The van der Waals surface area contributed by atoms with Gasteiger partial charge < -0.3 is 0 Å². The van der Waals surface area contributed by atoms with E-state index in [-0.39, 0.29) is 24.3 Å². The molecular weight excluding hydrogens is 368 g/mol. The monoisotopic (exact) mass is 398 g/mol. The summed E-state index contributed by atoms with van der Waals surface area (Å²) >= 11 is 0. The number of nitrogens with zero attached hydrogens (tertiary/aromatic N) is 2. The van der Waals surface area contributed by atoms with Gasteiger partial charge in [0.2, 0.25) is 5.91 Å². The maximum Gasteiger partial charge on any atom is 0.256 e. The van der Waals surface area contributed by atoms with Crippen LogP contribution in [0.3, 0.4) is 0 Å². The van der Waals surface area contributed by atoms with Crippen LogP contribution in [0.2, 0.25) is 0 Å². The fourth-order valence-corrected chi connectivity index (χ4v) is 3.57. The summed E-state index contributed by atoms with van der Waals surface area (Å²) in [5, 5.41) is 4.53. The number of hydrogen-bond donors (Lipinski definition) is 4. The van der Waals surface area contributed by atoms with Crippen LogP contribution in [0.15, 0.2) is 30.3 Å². The van der Waals surface area contributed by atoms with Crippen molar-refractivity contribution in [3.63, 3.8) is 0 Å². The maximum absolute atomic E-state index is 12.4. The standard InChI is InChI=1S/C21H30N6O2/c1-13(2)12-27-15(4)17(14(3)26-27)10-20(28)24-25-21(29)19-11-18(22-23-19)16-8-6-5-7-9-16/h5-9,13,18-19,22-23H,10-12H2,1-4H3,(H,24,28)(H,25,29). The lowest BCUT2D eigenvalue weighted by Gasteiger charge is -2.12. The first-order chi connectivity index (χ1) is 13.8. The van der Waals surface area contributed by atoms with Gasteiger partial charge in [-0.25, -0.2) is 10.9 Å². The van der Waals surface area contributed by atoms with E-state index >= 15 is 0 Å². The number of rotatable bonds is 6. The summed E-state index contributed by atoms with van der Waals surface area (Å²) in [4.78, 5) is 24.7. The van der Waals surface area contributed by atoms with Gasteiger partial charge in [-0.3, -0.25) is 25.1 Å². The Labute approximate surface area is 171 Å². The number of hydrogen-bond acceptors (Lipinski definition) is 5. The molecular formula is C21H30N6O2. The molecule has 8 nitrogen and oxygen atoms in total. The topological polar surface area (TPSA) is 100 Å². The zero-order valence-corrected chi connectivity index (χ0v) is 17.5. The van der Waals surface area contributed by atoms with E-state index in [9.17, 15) is 9.59 Å². The third-order valence-electron chi connectivity index (χ3n) is 5.15. The fraction of sp³-hybridized carbons (Fsp3) is 0.476. The predicted molar refractivity (Wildman–Crippen MR) is 110 cm³/mol. The average Bonchev–Trinajstić information content (AvgIpc) is 3.28. The van der Waals surface area contributed by atoms with Crippen LogP contribution in [0.4, 0.5) is 0 Å². The van der Waals surface area contributed by atoms with Gasteiger partial charge in [0.25, 0.3) is 5.91 Å². The highest BCUT2D eigenvalue weighted by Crippen LogP contribution is 2.21. The van der Waals surface area contributed by atoms with Crippen LogP contribution < -0.4 is 21.7 Å². The Bertz CT molecular complexity index is 862. The van der Waals surface area contributed by atoms with Crippen LogP contribution >= 0.6 is 0 Å². The average molecular weight is 399 g/mol. The van der Waals surface area contributed by atoms with Gasteiger partial charge in [0.1, 0.15) is 6.04 Å². The lowest BCUT2D eigenvalue weighted by Crippen LogP contribution is -2.50. The molecule has 2 aromatic rings. The van der Waals surface area contributed by atoms with Gasteiger partial charge >= 0.3 is 0 Å². The quantitative estimate of drug-likeness (QED) is 0.552. The second-order valence-electron chi connectivity index (χ2n) is 7.98. The van der Waals surface area contributed by atoms with Gasteiger partial charge in [0.05, 0.1) is 12.1 Å². The third kappa shape index (κ3) is 5.21. The first-order valence-electron chi connectivity index (χ1n) is 10.0. The molecule has 1 aromatic carbocycles. The second-order valence-corrected chi connectivity index (χ2v) is 7.98. The number of nitrogens with one attached hydrogen (secondary N) is 4. The van der Waals surface area contributed by atoms with Crippen LogP contribution in [0.1, 0.15) is 48.8 Å². The Morgan fingerprint density at radius 2 is 1.90 bits per heavy atom. The van der Waals surface area contributed by atoms with E-state index in [0.29, 0.717) is 12.3 Å². The molecule has 8 heteroatoms. The molecule has 0 bridgehead atoms. The van der Waals surface area contributed by atoms with Gasteiger partial charge in [-0.2, -0.15) is 5.10 Å². The van der Waals surface area contributed by atoms with Crippen LogP contribution in [-0.2, 0) is 22.6 Å². The number of benzene rings is 1. The van der Waals surface area contributed by atoms with Crippen molar-refractivity contribution in [2.24, 2.45) is 5.92 Å². The highest BCUT2D eigenvalue weighted by molar-refractivity contribution is 5.86. The zero-order valence-electron chi connectivity index (χ0n) is 17.5. The summed E-state index contributed by atoms with van der Waals surface area (Å²) in [6.45, 7) is 8.96. The number of carbonyl (C=O) groups is 2. The van der Waals surface area contributed by atoms with Crippen molar-refractivity contribution in [1.29, 1.82) is 0 Å². The minimum absolute atomic E-state index is 0.0553. The Balaban J connectivity index is 1.50. The number of carbonyl (C=O) groups excluding carboxylic acids is 2. The summed E-state index contributed by atoms with van der Waals surface area (Å²) < 4.78 is 1.94. The molecule has 1 aliphatic rings. The minimum Gasteiger partial charge on any atom is -0.273 e. The van der Waals surface area contributed by atoms with E-state index < -0.39 is 6.04 Å². The molecule has 2 amide bonds. The third-order valence-corrected chi connectivity index (χ3v) is 5.15. The van der Waals surface area contributed by atoms with E-state index in [2.05, 4.69) is 40.6 Å².